The predicted octanol–water partition coefficient (Wildman–Crippen LogP) is 2.17. The highest BCUT2D eigenvalue weighted by Gasteiger charge is 2.24. The summed E-state index contributed by atoms with van der Waals surface area (Å²) < 4.78 is 49.3. The van der Waals surface area contributed by atoms with Gasteiger partial charge in [0.05, 0.1) is 12.7 Å². The Labute approximate surface area is 156 Å². The highest BCUT2D eigenvalue weighted by molar-refractivity contribution is 7.89. The number of sulfonamides is 1. The summed E-state index contributed by atoms with van der Waals surface area (Å²) in [4.78, 5) is 24.4. The maximum Gasteiger partial charge on any atom is 0.338 e. The molecule has 0 saturated carbocycles. The van der Waals surface area contributed by atoms with E-state index in [1.165, 1.54) is 45.3 Å². The van der Waals surface area contributed by atoms with Crippen LogP contribution in [0.4, 0.5) is 4.39 Å². The normalized spacial score (nSPS) is 12.3. The third-order valence-electron chi connectivity index (χ3n) is 3.74. The zero-order valence-corrected chi connectivity index (χ0v) is 15.7. The number of esters is 1. The van der Waals surface area contributed by atoms with E-state index < -0.39 is 33.7 Å². The van der Waals surface area contributed by atoms with E-state index >= 15 is 0 Å². The largest absolute Gasteiger partial charge is 0.495 e. The SMILES string of the molecule is CNS(=O)(=O)c1cc(C(=O)O[C@@H](C)C(=O)c2ccc(F)cc2)ccc1OC. The molecule has 1 N–H and O–H groups in total. The highest BCUT2D eigenvalue weighted by atomic mass is 32.2. The average Bonchev–Trinajstić information content (AvgIpc) is 2.67. The molecule has 27 heavy (non-hydrogen) atoms. The number of nitrogens with one attached hydrogen (secondary N) is 1. The first-order chi connectivity index (χ1) is 12.7. The standard InChI is InChI=1S/C18H18FNO6S/c1-11(17(21)12-4-7-14(19)8-5-12)26-18(22)13-6-9-15(25-3)16(10-13)27(23,24)20-2/h4-11,20H,1-3H3/t11-/m0/s1. The molecule has 0 aliphatic rings. The molecule has 0 heterocycles. The lowest BCUT2D eigenvalue weighted by molar-refractivity contribution is 0.0318. The van der Waals surface area contributed by atoms with E-state index in [4.69, 9.17) is 9.47 Å². The Hall–Kier alpha value is -2.78. The summed E-state index contributed by atoms with van der Waals surface area (Å²) in [6.07, 6.45) is -1.14. The maximum atomic E-state index is 12.9. The van der Waals surface area contributed by atoms with E-state index in [9.17, 15) is 22.4 Å². The van der Waals surface area contributed by atoms with Gasteiger partial charge in [-0.1, -0.05) is 0 Å². The van der Waals surface area contributed by atoms with Gasteiger partial charge in [0.25, 0.3) is 0 Å². The Morgan fingerprint density at radius 2 is 1.67 bits per heavy atom. The van der Waals surface area contributed by atoms with Crippen molar-refractivity contribution in [3.8, 4) is 5.75 Å². The molecule has 0 unspecified atom stereocenters. The minimum absolute atomic E-state index is 0.0522. The van der Waals surface area contributed by atoms with Crippen LogP contribution < -0.4 is 9.46 Å². The lowest BCUT2D eigenvalue weighted by Gasteiger charge is -2.14. The molecule has 0 bridgehead atoms. The van der Waals surface area contributed by atoms with E-state index in [1.807, 2.05) is 0 Å². The van der Waals surface area contributed by atoms with Crippen LogP contribution in [0.15, 0.2) is 47.4 Å². The fourth-order valence-corrected chi connectivity index (χ4v) is 3.17. The van der Waals surface area contributed by atoms with Gasteiger partial charge in [-0.25, -0.2) is 22.3 Å². The molecular weight excluding hydrogens is 377 g/mol. The summed E-state index contributed by atoms with van der Waals surface area (Å²) in [5.74, 6) is -1.84. The van der Waals surface area contributed by atoms with Gasteiger partial charge in [-0.2, -0.15) is 0 Å². The molecule has 0 radical (unpaired) electrons. The number of rotatable bonds is 7. The van der Waals surface area contributed by atoms with Crippen LogP contribution in [0, 0.1) is 5.82 Å². The summed E-state index contributed by atoms with van der Waals surface area (Å²) in [6, 6.07) is 8.56. The lowest BCUT2D eigenvalue weighted by atomic mass is 10.1. The van der Waals surface area contributed by atoms with Crippen molar-refractivity contribution in [1.29, 1.82) is 0 Å². The van der Waals surface area contributed by atoms with Gasteiger partial charge in [-0.15, -0.1) is 0 Å². The number of ketones is 1. The highest BCUT2D eigenvalue weighted by Crippen LogP contribution is 2.25. The fourth-order valence-electron chi connectivity index (χ4n) is 2.25. The third-order valence-corrected chi connectivity index (χ3v) is 5.17. The monoisotopic (exact) mass is 395 g/mol. The summed E-state index contributed by atoms with van der Waals surface area (Å²) in [6.45, 7) is 1.37. The van der Waals surface area contributed by atoms with Crippen molar-refractivity contribution in [2.45, 2.75) is 17.9 Å². The average molecular weight is 395 g/mol. The van der Waals surface area contributed by atoms with Crippen molar-refractivity contribution in [3.63, 3.8) is 0 Å². The second kappa shape index (κ2) is 8.28. The van der Waals surface area contributed by atoms with Crippen molar-refractivity contribution < 1.29 is 31.9 Å². The molecular formula is C18H18FNO6S. The maximum absolute atomic E-state index is 12.9. The van der Waals surface area contributed by atoms with Gasteiger partial charge in [0.2, 0.25) is 15.8 Å². The Balaban J connectivity index is 2.23. The van der Waals surface area contributed by atoms with Crippen molar-refractivity contribution in [3.05, 3.63) is 59.4 Å². The van der Waals surface area contributed by atoms with Gasteiger partial charge in [0.15, 0.2) is 6.10 Å². The molecule has 0 aromatic heterocycles. The topological polar surface area (TPSA) is 98.8 Å². The smallest absolute Gasteiger partial charge is 0.338 e. The van der Waals surface area contributed by atoms with Gasteiger partial charge >= 0.3 is 5.97 Å². The summed E-state index contributed by atoms with van der Waals surface area (Å²) in [7, 11) is -1.35. The summed E-state index contributed by atoms with van der Waals surface area (Å²) in [5.41, 5.74) is 0.119. The number of Topliss-reactive ketones (excluding diaryl/α,β-unsaturated/α-hetero) is 1. The van der Waals surface area contributed by atoms with E-state index in [0.717, 1.165) is 18.2 Å². The number of methoxy groups -OCH3 is 1. The number of carbonyl (C=O) groups excluding carboxylic acids is 2. The molecule has 0 saturated heterocycles. The van der Waals surface area contributed by atoms with Crippen LogP contribution in [0.2, 0.25) is 0 Å². The number of halogens is 1. The minimum Gasteiger partial charge on any atom is -0.495 e. The fraction of sp³-hybridized carbons (Fsp3) is 0.222. The molecule has 0 aliphatic carbocycles. The van der Waals surface area contributed by atoms with E-state index in [-0.39, 0.29) is 21.8 Å². The molecule has 2 rings (SSSR count). The minimum atomic E-state index is -3.87. The first kappa shape index (κ1) is 20.5. The Morgan fingerprint density at radius 1 is 1.07 bits per heavy atom. The van der Waals surface area contributed by atoms with Crippen molar-refractivity contribution >= 4 is 21.8 Å². The van der Waals surface area contributed by atoms with Gasteiger partial charge in [0.1, 0.15) is 16.5 Å². The van der Waals surface area contributed by atoms with Crippen molar-refractivity contribution in [2.75, 3.05) is 14.2 Å². The summed E-state index contributed by atoms with van der Waals surface area (Å²) in [5, 5.41) is 0. The second-order valence-corrected chi connectivity index (χ2v) is 7.35. The molecule has 0 spiro atoms. The van der Waals surface area contributed by atoms with Crippen LogP contribution in [0.1, 0.15) is 27.6 Å². The van der Waals surface area contributed by atoms with E-state index in [2.05, 4.69) is 4.72 Å². The molecule has 7 nitrogen and oxygen atoms in total. The number of hydrogen-bond donors (Lipinski definition) is 1. The zero-order valence-electron chi connectivity index (χ0n) is 14.9. The molecule has 2 aromatic rings. The van der Waals surface area contributed by atoms with E-state index in [0.29, 0.717) is 0 Å². The molecule has 0 amide bonds. The van der Waals surface area contributed by atoms with Gasteiger partial charge in [-0.3, -0.25) is 4.79 Å². The van der Waals surface area contributed by atoms with Crippen LogP contribution in [0.5, 0.6) is 5.75 Å². The van der Waals surface area contributed by atoms with Crippen molar-refractivity contribution in [1.82, 2.24) is 4.72 Å². The Bertz CT molecular complexity index is 956. The molecule has 0 fully saturated rings. The van der Waals surface area contributed by atoms with Crippen molar-refractivity contribution in [2.24, 2.45) is 0 Å². The first-order valence-corrected chi connectivity index (χ1v) is 9.30. The Morgan fingerprint density at radius 3 is 2.22 bits per heavy atom. The zero-order chi connectivity index (χ0) is 20.2. The van der Waals surface area contributed by atoms with Gasteiger partial charge in [0, 0.05) is 5.56 Å². The molecule has 144 valence electrons. The van der Waals surface area contributed by atoms with E-state index in [1.54, 1.807) is 0 Å². The quantitative estimate of drug-likeness (QED) is 0.570. The first-order valence-electron chi connectivity index (χ1n) is 7.82. The molecule has 2 aromatic carbocycles. The Kier molecular flexibility index (Phi) is 6.29. The molecule has 0 aliphatic heterocycles. The molecule has 1 atom stereocenters. The lowest BCUT2D eigenvalue weighted by Crippen LogP contribution is -2.25. The second-order valence-electron chi connectivity index (χ2n) is 5.49. The predicted molar refractivity (Wildman–Crippen MR) is 94.8 cm³/mol. The van der Waals surface area contributed by atoms with Gasteiger partial charge in [-0.05, 0) is 56.4 Å². The summed E-state index contributed by atoms with van der Waals surface area (Å²) >= 11 is 0. The van der Waals surface area contributed by atoms with Crippen LogP contribution in [-0.4, -0.2) is 40.4 Å². The number of benzene rings is 2. The number of ether oxygens (including phenoxy) is 2. The third kappa shape index (κ3) is 4.69. The van der Waals surface area contributed by atoms with Crippen LogP contribution in [-0.2, 0) is 14.8 Å². The number of hydrogen-bond acceptors (Lipinski definition) is 6. The van der Waals surface area contributed by atoms with Crippen LogP contribution in [0.25, 0.3) is 0 Å². The van der Waals surface area contributed by atoms with Gasteiger partial charge < -0.3 is 9.47 Å². The molecule has 9 heteroatoms. The number of carbonyl (C=O) groups is 2. The van der Waals surface area contributed by atoms with Crippen LogP contribution in [0.3, 0.4) is 0 Å². The van der Waals surface area contributed by atoms with Crippen LogP contribution >= 0.6 is 0 Å².